The zero-order valence-corrected chi connectivity index (χ0v) is 15.4. The maximum atomic E-state index is 12.3. The van der Waals surface area contributed by atoms with Gasteiger partial charge < -0.3 is 5.32 Å². The molecule has 0 fully saturated rings. The van der Waals surface area contributed by atoms with Crippen molar-refractivity contribution in [2.24, 2.45) is 0 Å². The van der Waals surface area contributed by atoms with Crippen LogP contribution >= 0.6 is 47.8 Å². The van der Waals surface area contributed by atoms with Crippen molar-refractivity contribution < 1.29 is 4.79 Å². The van der Waals surface area contributed by atoms with E-state index in [2.05, 4.69) is 53.1 Å². The Hall–Kier alpha value is -0.650. The second-order valence-corrected chi connectivity index (χ2v) is 7.06. The van der Waals surface area contributed by atoms with Gasteiger partial charge in [0.05, 0.1) is 11.6 Å². The summed E-state index contributed by atoms with van der Waals surface area (Å²) in [4.78, 5) is 12.3. The van der Waals surface area contributed by atoms with Crippen molar-refractivity contribution in [3.8, 4) is 0 Å². The monoisotopic (exact) mass is 459 g/mol. The number of nitrogens with one attached hydrogen (secondary N) is 1. The molecule has 0 saturated carbocycles. The molecule has 2 aromatic carbocycles. The highest BCUT2D eigenvalue weighted by Crippen LogP contribution is 2.23. The van der Waals surface area contributed by atoms with Gasteiger partial charge in [0, 0.05) is 13.4 Å². The molecule has 0 spiro atoms. The van der Waals surface area contributed by atoms with E-state index < -0.39 is 0 Å². The van der Waals surface area contributed by atoms with Gasteiger partial charge in [-0.1, -0.05) is 44.0 Å². The zero-order chi connectivity index (χ0) is 14.7. The van der Waals surface area contributed by atoms with E-state index in [1.165, 1.54) is 0 Å². The van der Waals surface area contributed by atoms with E-state index in [9.17, 15) is 4.79 Å². The second-order valence-electron chi connectivity index (χ2n) is 4.37. The quantitative estimate of drug-likeness (QED) is 0.645. The van der Waals surface area contributed by atoms with E-state index in [0.29, 0.717) is 5.56 Å². The van der Waals surface area contributed by atoms with Gasteiger partial charge in [-0.2, -0.15) is 0 Å². The summed E-state index contributed by atoms with van der Waals surface area (Å²) in [7, 11) is 0. The van der Waals surface area contributed by atoms with Crippen LogP contribution in [0.1, 0.15) is 28.9 Å². The number of hydrogen-bond acceptors (Lipinski definition) is 1. The van der Waals surface area contributed by atoms with Gasteiger partial charge in [-0.25, -0.2) is 0 Å². The van der Waals surface area contributed by atoms with Crippen LogP contribution in [0.4, 0.5) is 0 Å². The predicted octanol–water partition coefficient (Wildman–Crippen LogP) is 5.47. The fraction of sp³-hybridized carbons (Fsp3) is 0.133. The molecule has 0 aliphatic heterocycles. The Balaban J connectivity index is 2.13. The molecule has 5 heteroatoms. The van der Waals surface area contributed by atoms with Gasteiger partial charge in [-0.05, 0) is 58.7 Å². The van der Waals surface area contributed by atoms with E-state index in [1.54, 1.807) is 6.07 Å². The lowest BCUT2D eigenvalue weighted by atomic mass is 10.1. The molecule has 2 rings (SSSR count). The normalized spacial score (nSPS) is 12.0. The lowest BCUT2D eigenvalue weighted by Gasteiger charge is -2.15. The Morgan fingerprint density at radius 1 is 1.00 bits per heavy atom. The first-order valence-electron chi connectivity index (χ1n) is 5.99. The third-order valence-electron chi connectivity index (χ3n) is 2.89. The number of rotatable bonds is 3. The number of halogens is 3. The summed E-state index contributed by atoms with van der Waals surface area (Å²) in [6.45, 7) is 1.97. The van der Waals surface area contributed by atoms with Crippen LogP contribution < -0.4 is 5.32 Å². The topological polar surface area (TPSA) is 29.1 Å². The summed E-state index contributed by atoms with van der Waals surface area (Å²) in [5.41, 5.74) is 1.69. The van der Waals surface area contributed by atoms with E-state index >= 15 is 0 Å². The van der Waals surface area contributed by atoms with Gasteiger partial charge in [-0.15, -0.1) is 0 Å². The Labute approximate surface area is 143 Å². The molecule has 0 radical (unpaired) electrons. The molecule has 0 heterocycles. The first kappa shape index (κ1) is 15.7. The van der Waals surface area contributed by atoms with Crippen LogP contribution in [-0.2, 0) is 0 Å². The molecular formula is C15H12Br3NO. The summed E-state index contributed by atoms with van der Waals surface area (Å²) in [6.07, 6.45) is 0. The average Bonchev–Trinajstić information content (AvgIpc) is 2.39. The third kappa shape index (κ3) is 3.93. The first-order chi connectivity index (χ1) is 9.47. The van der Waals surface area contributed by atoms with Crippen LogP contribution in [0, 0.1) is 0 Å². The lowest BCUT2D eigenvalue weighted by molar-refractivity contribution is 0.0939. The molecule has 0 saturated heterocycles. The maximum Gasteiger partial charge on any atom is 0.252 e. The molecule has 1 atom stereocenters. The summed E-state index contributed by atoms with van der Waals surface area (Å²) in [5.74, 6) is -0.0974. The van der Waals surface area contributed by atoms with Crippen LogP contribution in [-0.4, -0.2) is 5.91 Å². The summed E-state index contributed by atoms with van der Waals surface area (Å²) in [5, 5.41) is 2.99. The first-order valence-corrected chi connectivity index (χ1v) is 8.36. The smallest absolute Gasteiger partial charge is 0.252 e. The number of benzene rings is 2. The molecular weight excluding hydrogens is 450 g/mol. The van der Waals surface area contributed by atoms with Crippen LogP contribution in [0.25, 0.3) is 0 Å². The number of carbonyl (C=O) groups is 1. The highest BCUT2D eigenvalue weighted by atomic mass is 79.9. The molecule has 0 aromatic heterocycles. The minimum absolute atomic E-state index is 0.0499. The molecule has 2 aromatic rings. The molecule has 1 unspecified atom stereocenters. The van der Waals surface area contributed by atoms with Gasteiger partial charge in [0.2, 0.25) is 0 Å². The highest BCUT2D eigenvalue weighted by molar-refractivity contribution is 9.11. The maximum absolute atomic E-state index is 12.3. The second kappa shape index (κ2) is 6.87. The van der Waals surface area contributed by atoms with Crippen LogP contribution in [0.5, 0.6) is 0 Å². The predicted molar refractivity (Wildman–Crippen MR) is 91.9 cm³/mol. The molecule has 0 bridgehead atoms. The third-order valence-corrected chi connectivity index (χ3v) is 4.57. The van der Waals surface area contributed by atoms with Crippen molar-refractivity contribution >= 4 is 53.7 Å². The largest absolute Gasteiger partial charge is 0.345 e. The SMILES string of the molecule is CC(NC(=O)c1ccc(Br)cc1Br)c1ccc(Br)cc1. The van der Waals surface area contributed by atoms with Crippen LogP contribution in [0.3, 0.4) is 0 Å². The van der Waals surface area contributed by atoms with Crippen molar-refractivity contribution in [1.82, 2.24) is 5.32 Å². The Morgan fingerprint density at radius 2 is 1.60 bits per heavy atom. The van der Waals surface area contributed by atoms with Gasteiger partial charge in [0.1, 0.15) is 0 Å². The number of hydrogen-bond donors (Lipinski definition) is 1. The molecule has 1 amide bonds. The van der Waals surface area contributed by atoms with E-state index in [4.69, 9.17) is 0 Å². The van der Waals surface area contributed by atoms with E-state index in [0.717, 1.165) is 19.0 Å². The molecule has 2 nitrogen and oxygen atoms in total. The number of amides is 1. The van der Waals surface area contributed by atoms with Crippen molar-refractivity contribution in [3.63, 3.8) is 0 Å². The molecule has 104 valence electrons. The zero-order valence-electron chi connectivity index (χ0n) is 10.7. The fourth-order valence-electron chi connectivity index (χ4n) is 1.78. The summed E-state index contributed by atoms with van der Waals surface area (Å²) >= 11 is 10.2. The Bertz CT molecular complexity index is 626. The number of carbonyl (C=O) groups excluding carboxylic acids is 1. The summed E-state index contributed by atoms with van der Waals surface area (Å²) < 4.78 is 2.73. The van der Waals surface area contributed by atoms with Crippen molar-refractivity contribution in [2.75, 3.05) is 0 Å². The summed E-state index contributed by atoms with van der Waals surface area (Å²) in [6, 6.07) is 13.4. The molecule has 1 N–H and O–H groups in total. The Morgan fingerprint density at radius 3 is 2.20 bits per heavy atom. The van der Waals surface area contributed by atoms with Crippen molar-refractivity contribution in [1.29, 1.82) is 0 Å². The van der Waals surface area contributed by atoms with E-state index in [-0.39, 0.29) is 11.9 Å². The van der Waals surface area contributed by atoms with Crippen molar-refractivity contribution in [2.45, 2.75) is 13.0 Å². The van der Waals surface area contributed by atoms with Gasteiger partial charge in [-0.3, -0.25) is 4.79 Å². The van der Waals surface area contributed by atoms with Gasteiger partial charge >= 0.3 is 0 Å². The lowest BCUT2D eigenvalue weighted by Crippen LogP contribution is -2.26. The average molecular weight is 462 g/mol. The minimum Gasteiger partial charge on any atom is -0.345 e. The van der Waals surface area contributed by atoms with Crippen molar-refractivity contribution in [3.05, 3.63) is 67.0 Å². The molecule has 0 aliphatic carbocycles. The fourth-order valence-corrected chi connectivity index (χ4v) is 3.27. The van der Waals surface area contributed by atoms with Crippen LogP contribution in [0.15, 0.2) is 55.9 Å². The molecule has 20 heavy (non-hydrogen) atoms. The van der Waals surface area contributed by atoms with Gasteiger partial charge in [0.25, 0.3) is 5.91 Å². The Kier molecular flexibility index (Phi) is 5.41. The van der Waals surface area contributed by atoms with Gasteiger partial charge in [0.15, 0.2) is 0 Å². The highest BCUT2D eigenvalue weighted by Gasteiger charge is 2.14. The molecule has 0 aliphatic rings. The minimum atomic E-state index is -0.0974. The standard InChI is InChI=1S/C15H12Br3NO/c1-9(10-2-4-11(16)5-3-10)19-15(20)13-7-6-12(17)8-14(13)18/h2-9H,1H3,(H,19,20). The van der Waals surface area contributed by atoms with Crippen LogP contribution in [0.2, 0.25) is 0 Å². The van der Waals surface area contributed by atoms with E-state index in [1.807, 2.05) is 43.3 Å².